The molecule has 0 bridgehead atoms. The molecular weight excluding hydrogens is 346 g/mol. The first-order chi connectivity index (χ1) is 13.7. The molecule has 4 heteroatoms. The van der Waals surface area contributed by atoms with Crippen LogP contribution in [0.2, 0.25) is 0 Å². The van der Waals surface area contributed by atoms with Gasteiger partial charge in [-0.15, -0.1) is 0 Å². The molecule has 0 aliphatic rings. The SMILES string of the molecule is COc1ccc(C[C@H](N)CCc2ccn(-c3ccc4cnccc4c3)c2)cc1. The number of hydrogen-bond acceptors (Lipinski definition) is 3. The molecule has 2 N–H and O–H groups in total. The van der Waals surface area contributed by atoms with Crippen molar-refractivity contribution in [3.05, 3.63) is 90.5 Å². The highest BCUT2D eigenvalue weighted by Gasteiger charge is 2.07. The smallest absolute Gasteiger partial charge is 0.118 e. The fourth-order valence-electron chi connectivity index (χ4n) is 3.50. The van der Waals surface area contributed by atoms with E-state index in [1.165, 1.54) is 16.5 Å². The standard InChI is InChI=1S/C24H25N3O/c1-28-24-8-3-18(4-9-24)14-22(25)6-2-19-11-13-27(17-19)23-7-5-21-16-26-12-10-20(21)15-23/h3-5,7-13,15-17,22H,2,6,14,25H2,1H3/t22-/m1/s1. The fraction of sp³-hybridized carbons (Fsp3) is 0.208. The van der Waals surface area contributed by atoms with Gasteiger partial charge in [0.2, 0.25) is 0 Å². The number of nitrogens with zero attached hydrogens (tertiary/aromatic N) is 2. The maximum atomic E-state index is 6.36. The van der Waals surface area contributed by atoms with E-state index in [0.29, 0.717) is 0 Å². The third kappa shape index (κ3) is 4.24. The zero-order valence-electron chi connectivity index (χ0n) is 16.1. The second kappa shape index (κ2) is 8.28. The Kier molecular flexibility index (Phi) is 5.40. The van der Waals surface area contributed by atoms with Crippen LogP contribution >= 0.6 is 0 Å². The van der Waals surface area contributed by atoms with Gasteiger partial charge in [-0.1, -0.05) is 18.2 Å². The number of hydrogen-bond donors (Lipinski definition) is 1. The Labute approximate surface area is 165 Å². The summed E-state index contributed by atoms with van der Waals surface area (Å²) in [7, 11) is 1.68. The van der Waals surface area contributed by atoms with Gasteiger partial charge in [0, 0.05) is 41.9 Å². The van der Waals surface area contributed by atoms with E-state index in [-0.39, 0.29) is 6.04 Å². The number of aryl methyl sites for hydroxylation is 1. The number of benzene rings is 2. The van der Waals surface area contributed by atoms with Gasteiger partial charge in [0.1, 0.15) is 5.75 Å². The van der Waals surface area contributed by atoms with Crippen LogP contribution in [0.25, 0.3) is 16.5 Å². The van der Waals surface area contributed by atoms with Crippen molar-refractivity contribution < 1.29 is 4.74 Å². The molecular formula is C24H25N3O. The molecule has 1 atom stereocenters. The molecule has 0 amide bonds. The zero-order valence-corrected chi connectivity index (χ0v) is 16.1. The van der Waals surface area contributed by atoms with Gasteiger partial charge >= 0.3 is 0 Å². The van der Waals surface area contributed by atoms with Gasteiger partial charge in [0.15, 0.2) is 0 Å². The molecule has 0 aliphatic heterocycles. The molecule has 0 fully saturated rings. The van der Waals surface area contributed by atoms with E-state index in [1.54, 1.807) is 7.11 Å². The van der Waals surface area contributed by atoms with Crippen LogP contribution in [-0.4, -0.2) is 22.7 Å². The molecule has 4 aromatic rings. The Morgan fingerprint density at radius 1 is 1.00 bits per heavy atom. The molecule has 0 radical (unpaired) electrons. The lowest BCUT2D eigenvalue weighted by Gasteiger charge is -2.11. The highest BCUT2D eigenvalue weighted by atomic mass is 16.5. The summed E-state index contributed by atoms with van der Waals surface area (Å²) < 4.78 is 7.38. The molecule has 2 aromatic heterocycles. The van der Waals surface area contributed by atoms with Crippen LogP contribution in [0.15, 0.2) is 79.4 Å². The Morgan fingerprint density at radius 2 is 1.86 bits per heavy atom. The minimum absolute atomic E-state index is 0.143. The summed E-state index contributed by atoms with van der Waals surface area (Å²) in [6.07, 6.45) is 10.8. The van der Waals surface area contributed by atoms with Crippen molar-refractivity contribution in [1.82, 2.24) is 9.55 Å². The molecule has 28 heavy (non-hydrogen) atoms. The quantitative estimate of drug-likeness (QED) is 0.519. The highest BCUT2D eigenvalue weighted by Crippen LogP contribution is 2.19. The Hall–Kier alpha value is -3.11. The number of rotatable bonds is 7. The molecule has 0 saturated carbocycles. The van der Waals surface area contributed by atoms with Crippen LogP contribution < -0.4 is 10.5 Å². The van der Waals surface area contributed by atoms with Crippen LogP contribution in [0, 0.1) is 0 Å². The topological polar surface area (TPSA) is 53.1 Å². The first-order valence-corrected chi connectivity index (χ1v) is 9.61. The second-order valence-electron chi connectivity index (χ2n) is 7.19. The summed E-state index contributed by atoms with van der Waals surface area (Å²) >= 11 is 0. The van der Waals surface area contributed by atoms with Crippen molar-refractivity contribution >= 4 is 10.8 Å². The molecule has 142 valence electrons. The van der Waals surface area contributed by atoms with Crippen LogP contribution in [0.4, 0.5) is 0 Å². The normalized spacial score (nSPS) is 12.2. The summed E-state index contributed by atoms with van der Waals surface area (Å²) in [6, 6.07) is 18.9. The summed E-state index contributed by atoms with van der Waals surface area (Å²) in [5.74, 6) is 0.878. The van der Waals surface area contributed by atoms with Crippen LogP contribution in [0.5, 0.6) is 5.75 Å². The lowest BCUT2D eigenvalue weighted by atomic mass is 10.0. The van der Waals surface area contributed by atoms with Gasteiger partial charge in [0.25, 0.3) is 0 Å². The number of aromatic nitrogens is 2. The van der Waals surface area contributed by atoms with Gasteiger partial charge < -0.3 is 15.0 Å². The molecule has 2 heterocycles. The van der Waals surface area contributed by atoms with Crippen molar-refractivity contribution in [2.24, 2.45) is 5.73 Å². The Morgan fingerprint density at radius 3 is 2.68 bits per heavy atom. The van der Waals surface area contributed by atoms with Crippen molar-refractivity contribution in [2.45, 2.75) is 25.3 Å². The minimum Gasteiger partial charge on any atom is -0.497 e. The summed E-state index contributed by atoms with van der Waals surface area (Å²) in [5, 5.41) is 2.35. The second-order valence-corrected chi connectivity index (χ2v) is 7.19. The molecule has 4 rings (SSSR count). The Bertz CT molecular complexity index is 1050. The molecule has 0 spiro atoms. The largest absolute Gasteiger partial charge is 0.497 e. The first-order valence-electron chi connectivity index (χ1n) is 9.61. The number of fused-ring (bicyclic) bond motifs is 1. The lowest BCUT2D eigenvalue weighted by Crippen LogP contribution is -2.23. The average Bonchev–Trinajstić information content (AvgIpc) is 3.21. The molecule has 0 saturated heterocycles. The van der Waals surface area contributed by atoms with Gasteiger partial charge in [0.05, 0.1) is 7.11 Å². The van der Waals surface area contributed by atoms with Crippen LogP contribution in [-0.2, 0) is 12.8 Å². The zero-order chi connectivity index (χ0) is 19.3. The van der Waals surface area contributed by atoms with E-state index >= 15 is 0 Å². The highest BCUT2D eigenvalue weighted by molar-refractivity contribution is 5.83. The number of pyridine rings is 1. The summed E-state index contributed by atoms with van der Waals surface area (Å²) in [4.78, 5) is 4.17. The number of nitrogens with two attached hydrogens (primary N) is 1. The third-order valence-corrected chi connectivity index (χ3v) is 5.14. The van der Waals surface area contributed by atoms with Crippen LogP contribution in [0.1, 0.15) is 17.5 Å². The fourth-order valence-corrected chi connectivity index (χ4v) is 3.50. The van der Waals surface area contributed by atoms with Crippen molar-refractivity contribution in [1.29, 1.82) is 0 Å². The number of methoxy groups -OCH3 is 1. The van der Waals surface area contributed by atoms with Gasteiger partial charge in [-0.25, -0.2) is 0 Å². The average molecular weight is 371 g/mol. The van der Waals surface area contributed by atoms with Gasteiger partial charge in [-0.05, 0) is 72.2 Å². The van der Waals surface area contributed by atoms with E-state index in [9.17, 15) is 0 Å². The lowest BCUT2D eigenvalue weighted by molar-refractivity contribution is 0.414. The minimum atomic E-state index is 0.143. The van der Waals surface area contributed by atoms with E-state index in [2.05, 4.69) is 58.3 Å². The molecule has 0 unspecified atom stereocenters. The van der Waals surface area contributed by atoms with Crippen molar-refractivity contribution in [3.8, 4) is 11.4 Å². The van der Waals surface area contributed by atoms with E-state index in [1.807, 2.05) is 30.6 Å². The van der Waals surface area contributed by atoms with Crippen LogP contribution in [0.3, 0.4) is 0 Å². The van der Waals surface area contributed by atoms with E-state index < -0.39 is 0 Å². The predicted molar refractivity (Wildman–Crippen MR) is 114 cm³/mol. The van der Waals surface area contributed by atoms with Crippen molar-refractivity contribution in [3.63, 3.8) is 0 Å². The summed E-state index contributed by atoms with van der Waals surface area (Å²) in [6.45, 7) is 0. The molecule has 4 nitrogen and oxygen atoms in total. The first kappa shape index (κ1) is 18.3. The maximum absolute atomic E-state index is 6.36. The van der Waals surface area contributed by atoms with E-state index in [4.69, 9.17) is 10.5 Å². The predicted octanol–water partition coefficient (Wildman–Crippen LogP) is 4.54. The monoisotopic (exact) mass is 371 g/mol. The maximum Gasteiger partial charge on any atom is 0.118 e. The molecule has 2 aromatic carbocycles. The van der Waals surface area contributed by atoms with Crippen molar-refractivity contribution in [2.75, 3.05) is 7.11 Å². The summed E-state index contributed by atoms with van der Waals surface area (Å²) in [5.41, 5.74) is 10.1. The van der Waals surface area contributed by atoms with E-state index in [0.717, 1.165) is 36.1 Å². The number of ether oxygens (including phenoxy) is 1. The van der Waals surface area contributed by atoms with Gasteiger partial charge in [-0.3, -0.25) is 4.98 Å². The molecule has 0 aliphatic carbocycles. The third-order valence-electron chi connectivity index (χ3n) is 5.14. The van der Waals surface area contributed by atoms with Gasteiger partial charge in [-0.2, -0.15) is 0 Å². The Balaban J connectivity index is 1.37.